The molecule has 3 rings (SSSR count). The predicted octanol–water partition coefficient (Wildman–Crippen LogP) is 5.88. The standard InChI is InChI=1S/C39H57NO6/c1-7-40-35(18-13-26(2)3)27(4)10-8-11-30(25-42)33-20-22-39(37(33)45)34(12-9-23-41)32(19-21-38(39,6)46)28(5)36(44)24-29-14-16-31(43)17-15-29/h8,10-11,13-17,33-35,37,40-43,45-46H,4,7,9,12,18-25H2,1-3,5-6H3/b10-8+,30-11-,32-28+/t33-,34-,35+,37-,38-,39-/m1/s1. The average Bonchev–Trinajstić information content (AvgIpc) is 3.36. The van der Waals surface area contributed by atoms with Crippen LogP contribution in [0.5, 0.6) is 5.75 Å². The summed E-state index contributed by atoms with van der Waals surface area (Å²) < 4.78 is 0. The van der Waals surface area contributed by atoms with Crippen molar-refractivity contribution in [2.45, 2.75) is 104 Å². The van der Waals surface area contributed by atoms with Gasteiger partial charge in [-0.2, -0.15) is 0 Å². The van der Waals surface area contributed by atoms with Crippen LogP contribution < -0.4 is 5.32 Å². The molecular weight excluding hydrogens is 578 g/mol. The van der Waals surface area contributed by atoms with Crippen LogP contribution in [0.3, 0.4) is 0 Å². The zero-order valence-electron chi connectivity index (χ0n) is 28.6. The Labute approximate surface area is 276 Å². The minimum atomic E-state index is -1.21. The minimum absolute atomic E-state index is 0.0278. The third-order valence-corrected chi connectivity index (χ3v) is 10.5. The number of carbonyl (C=O) groups excluding carboxylic acids is 1. The van der Waals surface area contributed by atoms with Gasteiger partial charge in [0, 0.05) is 30.4 Å². The molecule has 1 aromatic rings. The summed E-state index contributed by atoms with van der Waals surface area (Å²) in [6, 6.07) is 6.71. The highest BCUT2D eigenvalue weighted by atomic mass is 16.3. The van der Waals surface area contributed by atoms with E-state index in [1.165, 1.54) is 5.57 Å². The number of Topliss-reactive ketones (excluding diaryl/α,β-unsaturated/α-hetero) is 1. The Morgan fingerprint density at radius 1 is 1.15 bits per heavy atom. The van der Waals surface area contributed by atoms with Crippen LogP contribution in [0.2, 0.25) is 0 Å². The number of ketones is 1. The number of hydrogen-bond donors (Lipinski definition) is 6. The number of aliphatic hydroxyl groups is 4. The number of phenols is 1. The molecule has 0 unspecified atom stereocenters. The van der Waals surface area contributed by atoms with E-state index in [9.17, 15) is 30.3 Å². The van der Waals surface area contributed by atoms with Crippen molar-refractivity contribution in [1.29, 1.82) is 0 Å². The van der Waals surface area contributed by atoms with Gasteiger partial charge in [-0.05, 0) is 120 Å². The summed E-state index contributed by atoms with van der Waals surface area (Å²) in [6.07, 6.45) is 11.0. The maximum absolute atomic E-state index is 13.6. The topological polar surface area (TPSA) is 130 Å². The molecule has 7 nitrogen and oxygen atoms in total. The smallest absolute Gasteiger partial charge is 0.162 e. The van der Waals surface area contributed by atoms with Gasteiger partial charge in [0.05, 0.1) is 18.3 Å². The summed E-state index contributed by atoms with van der Waals surface area (Å²) in [7, 11) is 0. The fourth-order valence-corrected chi connectivity index (χ4v) is 7.84. The van der Waals surface area contributed by atoms with Gasteiger partial charge in [0.25, 0.3) is 0 Å². The van der Waals surface area contributed by atoms with Crippen LogP contribution in [0, 0.1) is 17.3 Å². The molecule has 0 amide bonds. The SMILES string of the molecule is C=C(/C=C/C=C(/CO)[C@H]1CC[C@@]2([C@H](CCCO)/C(=C(\C)C(=O)Cc3ccc(O)cc3)CC[C@@]2(C)O)[C@@H]1O)[C@H](CC=C(C)C)NCC. The summed E-state index contributed by atoms with van der Waals surface area (Å²) in [4.78, 5) is 13.6. The van der Waals surface area contributed by atoms with E-state index in [2.05, 4.69) is 38.7 Å². The molecule has 6 N–H and O–H groups in total. The Bertz CT molecular complexity index is 1320. The number of benzene rings is 1. The maximum Gasteiger partial charge on any atom is 0.162 e. The first-order valence-electron chi connectivity index (χ1n) is 16.9. The molecule has 2 aliphatic carbocycles. The van der Waals surface area contributed by atoms with Crippen LogP contribution in [0.1, 0.15) is 85.1 Å². The Morgan fingerprint density at radius 3 is 2.46 bits per heavy atom. The predicted molar refractivity (Wildman–Crippen MR) is 185 cm³/mol. The molecule has 2 fully saturated rings. The highest BCUT2D eigenvalue weighted by Crippen LogP contribution is 2.63. The maximum atomic E-state index is 13.6. The lowest BCUT2D eigenvalue weighted by Gasteiger charge is -2.55. The molecular formula is C39H57NO6. The van der Waals surface area contributed by atoms with Crippen molar-refractivity contribution in [3.05, 3.63) is 88.6 Å². The van der Waals surface area contributed by atoms with Crippen molar-refractivity contribution in [2.75, 3.05) is 19.8 Å². The van der Waals surface area contributed by atoms with Gasteiger partial charge in [-0.3, -0.25) is 4.79 Å². The Morgan fingerprint density at radius 2 is 1.85 bits per heavy atom. The van der Waals surface area contributed by atoms with Crippen LogP contribution in [-0.4, -0.2) is 68.8 Å². The molecule has 1 aromatic carbocycles. The number of likely N-dealkylation sites (N-methyl/N-ethyl adjacent to an activating group) is 1. The second-order valence-corrected chi connectivity index (χ2v) is 13.7. The number of allylic oxidation sites excluding steroid dienone is 5. The van der Waals surface area contributed by atoms with Gasteiger partial charge >= 0.3 is 0 Å². The van der Waals surface area contributed by atoms with Gasteiger partial charge in [-0.1, -0.05) is 61.1 Å². The molecule has 0 saturated heterocycles. The lowest BCUT2D eigenvalue weighted by molar-refractivity contribution is -0.167. The van der Waals surface area contributed by atoms with Crippen molar-refractivity contribution < 1.29 is 30.3 Å². The van der Waals surface area contributed by atoms with Gasteiger partial charge in [0.1, 0.15) is 5.75 Å². The Balaban J connectivity index is 1.94. The quantitative estimate of drug-likeness (QED) is 0.0807. The zero-order chi connectivity index (χ0) is 34.1. The molecule has 46 heavy (non-hydrogen) atoms. The Hall–Kier alpha value is -2.81. The summed E-state index contributed by atoms with van der Waals surface area (Å²) in [5, 5.41) is 57.6. The molecule has 2 saturated carbocycles. The molecule has 0 radical (unpaired) electrons. The van der Waals surface area contributed by atoms with Crippen molar-refractivity contribution in [3.63, 3.8) is 0 Å². The van der Waals surface area contributed by atoms with Crippen molar-refractivity contribution in [1.82, 2.24) is 5.32 Å². The lowest BCUT2D eigenvalue weighted by Crippen LogP contribution is -2.59. The highest BCUT2D eigenvalue weighted by Gasteiger charge is 2.64. The molecule has 0 bridgehead atoms. The van der Waals surface area contributed by atoms with Gasteiger partial charge in [-0.15, -0.1) is 0 Å². The van der Waals surface area contributed by atoms with Crippen molar-refractivity contribution >= 4 is 5.78 Å². The largest absolute Gasteiger partial charge is 0.508 e. The van der Waals surface area contributed by atoms with E-state index < -0.39 is 17.1 Å². The summed E-state index contributed by atoms with van der Waals surface area (Å²) >= 11 is 0. The number of aromatic hydroxyl groups is 1. The molecule has 0 aromatic heterocycles. The van der Waals surface area contributed by atoms with Crippen molar-refractivity contribution in [3.8, 4) is 5.75 Å². The van der Waals surface area contributed by atoms with Gasteiger partial charge in [0.15, 0.2) is 5.78 Å². The summed E-state index contributed by atoms with van der Waals surface area (Å²) in [5.74, 6) is -0.561. The van der Waals surface area contributed by atoms with E-state index in [1.807, 2.05) is 25.2 Å². The van der Waals surface area contributed by atoms with Gasteiger partial charge in [0.2, 0.25) is 0 Å². The van der Waals surface area contributed by atoms with E-state index >= 15 is 0 Å². The third-order valence-electron chi connectivity index (χ3n) is 10.5. The number of phenolic OH excluding ortho intramolecular Hbond substituents is 1. The zero-order valence-corrected chi connectivity index (χ0v) is 28.6. The average molecular weight is 636 g/mol. The van der Waals surface area contributed by atoms with Crippen LogP contribution in [-0.2, 0) is 11.2 Å². The Kier molecular flexibility index (Phi) is 13.8. The van der Waals surface area contributed by atoms with Crippen LogP contribution >= 0.6 is 0 Å². The first kappa shape index (κ1) is 37.6. The van der Waals surface area contributed by atoms with Crippen molar-refractivity contribution in [2.24, 2.45) is 17.3 Å². The van der Waals surface area contributed by atoms with E-state index in [4.69, 9.17) is 0 Å². The van der Waals surface area contributed by atoms with Gasteiger partial charge in [-0.25, -0.2) is 0 Å². The van der Waals surface area contributed by atoms with E-state index in [0.29, 0.717) is 49.7 Å². The molecule has 0 aliphatic heterocycles. The van der Waals surface area contributed by atoms with Crippen LogP contribution in [0.15, 0.2) is 83.0 Å². The number of rotatable bonds is 15. The summed E-state index contributed by atoms with van der Waals surface area (Å²) in [6.45, 7) is 14.7. The summed E-state index contributed by atoms with van der Waals surface area (Å²) in [5.41, 5.74) is 3.11. The van der Waals surface area contributed by atoms with Crippen LogP contribution in [0.4, 0.5) is 0 Å². The third kappa shape index (κ3) is 8.55. The molecule has 254 valence electrons. The lowest BCUT2D eigenvalue weighted by atomic mass is 9.52. The molecule has 2 aliphatic rings. The van der Waals surface area contributed by atoms with E-state index in [0.717, 1.165) is 29.7 Å². The number of aliphatic hydroxyl groups excluding tert-OH is 3. The molecule has 0 heterocycles. The minimum Gasteiger partial charge on any atom is -0.508 e. The monoisotopic (exact) mass is 635 g/mol. The first-order valence-corrected chi connectivity index (χ1v) is 16.9. The number of hydrogen-bond acceptors (Lipinski definition) is 7. The molecule has 1 spiro atoms. The number of nitrogens with one attached hydrogen (secondary N) is 1. The van der Waals surface area contributed by atoms with Gasteiger partial charge < -0.3 is 30.8 Å². The molecule has 7 heteroatoms. The normalized spacial score (nSPS) is 28.5. The van der Waals surface area contributed by atoms with E-state index in [1.54, 1.807) is 31.2 Å². The fraction of sp³-hybridized carbons (Fsp3) is 0.564. The second-order valence-electron chi connectivity index (χ2n) is 13.7. The van der Waals surface area contributed by atoms with E-state index in [-0.39, 0.29) is 49.0 Å². The highest BCUT2D eigenvalue weighted by molar-refractivity contribution is 5.97. The number of carbonyl (C=O) groups is 1. The fourth-order valence-electron chi connectivity index (χ4n) is 7.84. The first-order chi connectivity index (χ1) is 21.8. The second kappa shape index (κ2) is 16.8. The van der Waals surface area contributed by atoms with Crippen LogP contribution in [0.25, 0.3) is 0 Å². The molecule has 6 atom stereocenters.